The molecule has 0 aliphatic rings. The van der Waals surface area contributed by atoms with Crippen LogP contribution in [0.25, 0.3) is 11.3 Å². The number of hydrogen-bond donors (Lipinski definition) is 0. The van der Waals surface area contributed by atoms with E-state index >= 15 is 0 Å². The second kappa shape index (κ2) is 4.71. The number of aryl methyl sites for hydroxylation is 2. The van der Waals surface area contributed by atoms with Crippen LogP contribution in [0.15, 0.2) is 18.5 Å². The Labute approximate surface area is 110 Å². The summed E-state index contributed by atoms with van der Waals surface area (Å²) < 4.78 is 6.97. The molecule has 0 saturated heterocycles. The van der Waals surface area contributed by atoms with Crippen LogP contribution in [0.2, 0.25) is 5.02 Å². The fourth-order valence-corrected chi connectivity index (χ4v) is 2.14. The number of hydrogen-bond acceptors (Lipinski definition) is 3. The molecule has 4 nitrogen and oxygen atoms in total. The lowest BCUT2D eigenvalue weighted by Gasteiger charge is -2.11. The first-order chi connectivity index (χ1) is 8.58. The van der Waals surface area contributed by atoms with Gasteiger partial charge in [-0.3, -0.25) is 0 Å². The summed E-state index contributed by atoms with van der Waals surface area (Å²) in [6.07, 6.45) is 1.62. The molecule has 0 amide bonds. The molecule has 0 aliphatic carbocycles. The van der Waals surface area contributed by atoms with Gasteiger partial charge in [-0.25, -0.2) is 4.98 Å². The first-order valence-corrected chi connectivity index (χ1v) is 5.72. The van der Waals surface area contributed by atoms with Crippen molar-refractivity contribution in [3.63, 3.8) is 0 Å². The first kappa shape index (κ1) is 12.5. The molecule has 0 unspecified atom stereocenters. The van der Waals surface area contributed by atoms with E-state index in [2.05, 4.69) is 11.1 Å². The SMILES string of the molecule is COc1cc(C)c(-c2c(C#N)ncn2C)cc1Cl. The van der Waals surface area contributed by atoms with Gasteiger partial charge in [0.1, 0.15) is 11.8 Å². The molecule has 0 bridgehead atoms. The van der Waals surface area contributed by atoms with E-state index in [0.717, 1.165) is 16.8 Å². The van der Waals surface area contributed by atoms with Gasteiger partial charge in [0.2, 0.25) is 0 Å². The number of halogens is 1. The number of aromatic nitrogens is 2. The fourth-order valence-electron chi connectivity index (χ4n) is 1.90. The molecule has 0 aliphatic heterocycles. The molecule has 2 rings (SSSR count). The predicted molar refractivity (Wildman–Crippen MR) is 69.7 cm³/mol. The summed E-state index contributed by atoms with van der Waals surface area (Å²) in [4.78, 5) is 4.05. The van der Waals surface area contributed by atoms with E-state index in [9.17, 15) is 0 Å². The number of methoxy groups -OCH3 is 1. The number of rotatable bonds is 2. The highest BCUT2D eigenvalue weighted by molar-refractivity contribution is 6.32. The fraction of sp³-hybridized carbons (Fsp3) is 0.231. The van der Waals surface area contributed by atoms with Crippen LogP contribution in [0.3, 0.4) is 0 Å². The van der Waals surface area contributed by atoms with E-state index in [0.29, 0.717) is 16.5 Å². The van der Waals surface area contributed by atoms with Crippen molar-refractivity contribution in [2.75, 3.05) is 7.11 Å². The van der Waals surface area contributed by atoms with Crippen molar-refractivity contribution in [3.8, 4) is 23.1 Å². The zero-order valence-corrected chi connectivity index (χ0v) is 11.1. The molecule has 0 spiro atoms. The molecule has 92 valence electrons. The quantitative estimate of drug-likeness (QED) is 0.835. The second-order valence-corrected chi connectivity index (χ2v) is 4.37. The largest absolute Gasteiger partial charge is 0.495 e. The summed E-state index contributed by atoms with van der Waals surface area (Å²) >= 11 is 6.13. The van der Waals surface area contributed by atoms with Gasteiger partial charge >= 0.3 is 0 Å². The number of imidazole rings is 1. The van der Waals surface area contributed by atoms with Gasteiger partial charge < -0.3 is 9.30 Å². The average Bonchev–Trinajstić information content (AvgIpc) is 2.72. The van der Waals surface area contributed by atoms with Crippen LogP contribution >= 0.6 is 11.6 Å². The Morgan fingerprint density at radius 3 is 2.78 bits per heavy atom. The van der Waals surface area contributed by atoms with Crippen LogP contribution in [0.1, 0.15) is 11.3 Å². The Hall–Kier alpha value is -1.99. The third-order valence-corrected chi connectivity index (χ3v) is 3.09. The van der Waals surface area contributed by atoms with Gasteiger partial charge in [0.05, 0.1) is 24.2 Å². The maximum atomic E-state index is 9.07. The molecule has 1 heterocycles. The van der Waals surface area contributed by atoms with Crippen LogP contribution in [-0.2, 0) is 7.05 Å². The van der Waals surface area contributed by atoms with Crippen molar-refractivity contribution >= 4 is 11.6 Å². The van der Waals surface area contributed by atoms with E-state index in [-0.39, 0.29) is 0 Å². The maximum absolute atomic E-state index is 9.07. The summed E-state index contributed by atoms with van der Waals surface area (Å²) in [7, 11) is 3.42. The predicted octanol–water partition coefficient (Wildman–Crippen LogP) is 2.93. The molecular weight excluding hydrogens is 250 g/mol. The smallest absolute Gasteiger partial charge is 0.166 e. The van der Waals surface area contributed by atoms with Gasteiger partial charge in [0, 0.05) is 12.6 Å². The van der Waals surface area contributed by atoms with E-state index in [1.165, 1.54) is 0 Å². The van der Waals surface area contributed by atoms with Crippen molar-refractivity contribution < 1.29 is 4.74 Å². The number of ether oxygens (including phenoxy) is 1. The first-order valence-electron chi connectivity index (χ1n) is 5.34. The lowest BCUT2D eigenvalue weighted by molar-refractivity contribution is 0.415. The molecule has 0 fully saturated rings. The van der Waals surface area contributed by atoms with E-state index < -0.39 is 0 Å². The lowest BCUT2D eigenvalue weighted by Crippen LogP contribution is -1.95. The van der Waals surface area contributed by atoms with Gasteiger partial charge in [0.25, 0.3) is 0 Å². The van der Waals surface area contributed by atoms with Crippen LogP contribution < -0.4 is 4.74 Å². The summed E-state index contributed by atoms with van der Waals surface area (Å²) in [5, 5.41) is 9.59. The Morgan fingerprint density at radius 2 is 2.17 bits per heavy atom. The lowest BCUT2D eigenvalue weighted by atomic mass is 10.0. The normalized spacial score (nSPS) is 10.2. The summed E-state index contributed by atoms with van der Waals surface area (Å²) in [5.41, 5.74) is 3.02. The molecule has 2 aromatic rings. The Kier molecular flexibility index (Phi) is 3.26. The standard InChI is InChI=1S/C13H12ClN3O/c1-8-4-12(18-3)10(14)5-9(8)13-11(6-15)16-7-17(13)2/h4-5,7H,1-3H3. The van der Waals surface area contributed by atoms with E-state index in [1.54, 1.807) is 19.5 Å². The Morgan fingerprint density at radius 1 is 1.44 bits per heavy atom. The average molecular weight is 262 g/mol. The van der Waals surface area contributed by atoms with Crippen molar-refractivity contribution in [1.82, 2.24) is 9.55 Å². The molecule has 18 heavy (non-hydrogen) atoms. The summed E-state index contributed by atoms with van der Waals surface area (Å²) in [5.74, 6) is 0.624. The van der Waals surface area contributed by atoms with E-state index in [4.69, 9.17) is 21.6 Å². The van der Waals surface area contributed by atoms with E-state index in [1.807, 2.05) is 24.6 Å². The van der Waals surface area contributed by atoms with Crippen molar-refractivity contribution in [3.05, 3.63) is 34.7 Å². The number of nitriles is 1. The zero-order valence-electron chi connectivity index (χ0n) is 10.4. The molecule has 0 N–H and O–H groups in total. The second-order valence-electron chi connectivity index (χ2n) is 3.97. The molecule has 1 aromatic carbocycles. The van der Waals surface area contributed by atoms with Crippen molar-refractivity contribution in [1.29, 1.82) is 5.26 Å². The zero-order chi connectivity index (χ0) is 13.3. The molecule has 0 radical (unpaired) electrons. The highest BCUT2D eigenvalue weighted by Crippen LogP contribution is 2.34. The minimum Gasteiger partial charge on any atom is -0.495 e. The van der Waals surface area contributed by atoms with Crippen LogP contribution in [-0.4, -0.2) is 16.7 Å². The third-order valence-electron chi connectivity index (χ3n) is 2.80. The van der Waals surface area contributed by atoms with Gasteiger partial charge in [-0.05, 0) is 24.6 Å². The molecule has 0 atom stereocenters. The van der Waals surface area contributed by atoms with Gasteiger partial charge in [-0.2, -0.15) is 5.26 Å². The third kappa shape index (κ3) is 1.93. The monoisotopic (exact) mass is 261 g/mol. The topological polar surface area (TPSA) is 50.8 Å². The molecule has 1 aromatic heterocycles. The summed E-state index contributed by atoms with van der Waals surface area (Å²) in [6, 6.07) is 5.74. The van der Waals surface area contributed by atoms with Crippen LogP contribution in [0, 0.1) is 18.3 Å². The minimum absolute atomic E-state index is 0.391. The van der Waals surface area contributed by atoms with Gasteiger partial charge in [0.15, 0.2) is 5.69 Å². The maximum Gasteiger partial charge on any atom is 0.166 e. The van der Waals surface area contributed by atoms with Gasteiger partial charge in [-0.1, -0.05) is 11.6 Å². The summed E-state index contributed by atoms with van der Waals surface area (Å²) in [6.45, 7) is 1.95. The highest BCUT2D eigenvalue weighted by atomic mass is 35.5. The number of benzene rings is 1. The van der Waals surface area contributed by atoms with Crippen LogP contribution in [0.5, 0.6) is 5.75 Å². The number of nitrogens with zero attached hydrogens (tertiary/aromatic N) is 3. The minimum atomic E-state index is 0.391. The van der Waals surface area contributed by atoms with Crippen molar-refractivity contribution in [2.24, 2.45) is 7.05 Å². The molecule has 5 heteroatoms. The Balaban J connectivity index is 2.69. The van der Waals surface area contributed by atoms with Crippen LogP contribution in [0.4, 0.5) is 0 Å². The highest BCUT2D eigenvalue weighted by Gasteiger charge is 2.15. The Bertz CT molecular complexity index is 640. The van der Waals surface area contributed by atoms with Gasteiger partial charge in [-0.15, -0.1) is 0 Å². The van der Waals surface area contributed by atoms with Crippen molar-refractivity contribution in [2.45, 2.75) is 6.92 Å². The molecule has 0 saturated carbocycles. The molecular formula is C13H12ClN3O.